The number of nitrogens with one attached hydrogen (secondary N) is 1. The van der Waals surface area contributed by atoms with Gasteiger partial charge < -0.3 is 10.2 Å². The molecule has 96 valence electrons. The summed E-state index contributed by atoms with van der Waals surface area (Å²) in [7, 11) is 2.10. The maximum absolute atomic E-state index is 4.20. The molecule has 1 aliphatic rings. The molecule has 2 rings (SSSR count). The third-order valence-corrected chi connectivity index (χ3v) is 3.17. The Kier molecular flexibility index (Phi) is 5.65. The summed E-state index contributed by atoms with van der Waals surface area (Å²) in [5.74, 6) is 1.76. The molecular formula is C12H21ClN4. The van der Waals surface area contributed by atoms with Crippen LogP contribution in [0.15, 0.2) is 12.1 Å². The van der Waals surface area contributed by atoms with Crippen LogP contribution in [0, 0.1) is 12.8 Å². The number of rotatable bonds is 3. The predicted octanol–water partition coefficient (Wildman–Crippen LogP) is 1.64. The third-order valence-electron chi connectivity index (χ3n) is 3.17. The Bertz CT molecular complexity index is 322. The molecule has 0 saturated carbocycles. The van der Waals surface area contributed by atoms with Gasteiger partial charge >= 0.3 is 0 Å². The first-order chi connectivity index (χ1) is 7.75. The van der Waals surface area contributed by atoms with Gasteiger partial charge in [0.2, 0.25) is 0 Å². The molecule has 5 heteroatoms. The summed E-state index contributed by atoms with van der Waals surface area (Å²) in [6.45, 7) is 5.35. The molecule has 2 heterocycles. The lowest BCUT2D eigenvalue weighted by Gasteiger charge is -2.27. The number of halogens is 1. The standard InChI is InChI=1S/C12H20N4.ClH/c1-10-3-4-12(15-14-10)16(2)9-11-5-7-13-8-6-11;/h3-4,11,13H,5-9H2,1-2H3;1H. The Labute approximate surface area is 109 Å². The van der Waals surface area contributed by atoms with Crippen LogP contribution in [-0.2, 0) is 0 Å². The van der Waals surface area contributed by atoms with Crippen molar-refractivity contribution in [3.8, 4) is 0 Å². The van der Waals surface area contributed by atoms with E-state index in [0.29, 0.717) is 0 Å². The van der Waals surface area contributed by atoms with Crippen LogP contribution in [0.4, 0.5) is 5.82 Å². The fourth-order valence-corrected chi connectivity index (χ4v) is 2.14. The quantitative estimate of drug-likeness (QED) is 0.893. The van der Waals surface area contributed by atoms with E-state index in [0.717, 1.165) is 37.1 Å². The van der Waals surface area contributed by atoms with Gasteiger partial charge in [0.15, 0.2) is 5.82 Å². The normalized spacial score (nSPS) is 16.4. The summed E-state index contributed by atoms with van der Waals surface area (Å²) in [4.78, 5) is 2.21. The van der Waals surface area contributed by atoms with Crippen LogP contribution in [0.5, 0.6) is 0 Å². The number of nitrogens with zero attached hydrogens (tertiary/aromatic N) is 3. The molecule has 1 aromatic heterocycles. The molecule has 4 nitrogen and oxygen atoms in total. The molecule has 1 aromatic rings. The first kappa shape index (κ1) is 14.2. The van der Waals surface area contributed by atoms with Gasteiger partial charge in [-0.2, -0.15) is 5.10 Å². The fourth-order valence-electron chi connectivity index (χ4n) is 2.14. The van der Waals surface area contributed by atoms with Crippen molar-refractivity contribution in [2.24, 2.45) is 5.92 Å². The maximum atomic E-state index is 4.20. The Morgan fingerprint density at radius 1 is 1.29 bits per heavy atom. The SMILES string of the molecule is Cc1ccc(N(C)CC2CCNCC2)nn1.Cl. The summed E-state index contributed by atoms with van der Waals surface area (Å²) >= 11 is 0. The van der Waals surface area contributed by atoms with Crippen molar-refractivity contribution in [1.29, 1.82) is 0 Å². The van der Waals surface area contributed by atoms with Gasteiger partial charge in [0.05, 0.1) is 5.69 Å². The first-order valence-electron chi connectivity index (χ1n) is 5.98. The van der Waals surface area contributed by atoms with Crippen molar-refractivity contribution in [3.05, 3.63) is 17.8 Å². The van der Waals surface area contributed by atoms with E-state index in [2.05, 4.69) is 27.5 Å². The smallest absolute Gasteiger partial charge is 0.150 e. The van der Waals surface area contributed by atoms with Crippen molar-refractivity contribution in [2.45, 2.75) is 19.8 Å². The Morgan fingerprint density at radius 2 is 2.00 bits per heavy atom. The van der Waals surface area contributed by atoms with Crippen molar-refractivity contribution in [1.82, 2.24) is 15.5 Å². The van der Waals surface area contributed by atoms with E-state index >= 15 is 0 Å². The predicted molar refractivity (Wildman–Crippen MR) is 72.9 cm³/mol. The van der Waals surface area contributed by atoms with E-state index in [9.17, 15) is 0 Å². The highest BCUT2D eigenvalue weighted by molar-refractivity contribution is 5.85. The third kappa shape index (κ3) is 4.13. The van der Waals surface area contributed by atoms with E-state index in [1.165, 1.54) is 12.8 Å². The van der Waals surface area contributed by atoms with Crippen LogP contribution in [0.2, 0.25) is 0 Å². The van der Waals surface area contributed by atoms with Crippen LogP contribution in [0.1, 0.15) is 18.5 Å². The summed E-state index contributed by atoms with van der Waals surface area (Å²) in [5, 5.41) is 11.7. The Hall–Kier alpha value is -0.870. The molecule has 0 aliphatic carbocycles. The average molecular weight is 257 g/mol. The average Bonchev–Trinajstić information content (AvgIpc) is 2.31. The van der Waals surface area contributed by atoms with Gasteiger partial charge in [-0.15, -0.1) is 17.5 Å². The molecule has 0 radical (unpaired) electrons. The number of hydrogen-bond acceptors (Lipinski definition) is 4. The summed E-state index contributed by atoms with van der Waals surface area (Å²) in [6, 6.07) is 4.06. The van der Waals surface area contributed by atoms with E-state index in [1.54, 1.807) is 0 Å². The molecule has 1 fully saturated rings. The molecule has 1 saturated heterocycles. The second-order valence-corrected chi connectivity index (χ2v) is 4.61. The molecule has 0 unspecified atom stereocenters. The number of aryl methyl sites for hydroxylation is 1. The van der Waals surface area contributed by atoms with Gasteiger partial charge in [0.1, 0.15) is 0 Å². The van der Waals surface area contributed by atoms with Crippen LogP contribution >= 0.6 is 12.4 Å². The maximum Gasteiger partial charge on any atom is 0.150 e. The highest BCUT2D eigenvalue weighted by Crippen LogP contribution is 2.16. The van der Waals surface area contributed by atoms with Crippen LogP contribution in [0.3, 0.4) is 0 Å². The monoisotopic (exact) mass is 256 g/mol. The largest absolute Gasteiger partial charge is 0.358 e. The lowest BCUT2D eigenvalue weighted by molar-refractivity contribution is 0.377. The molecule has 1 N–H and O–H groups in total. The van der Waals surface area contributed by atoms with Crippen LogP contribution in [-0.4, -0.2) is 36.9 Å². The Morgan fingerprint density at radius 3 is 2.59 bits per heavy atom. The molecule has 0 amide bonds. The zero-order chi connectivity index (χ0) is 11.4. The highest BCUT2D eigenvalue weighted by atomic mass is 35.5. The lowest BCUT2D eigenvalue weighted by atomic mass is 9.98. The van der Waals surface area contributed by atoms with Crippen LogP contribution < -0.4 is 10.2 Å². The number of aromatic nitrogens is 2. The van der Waals surface area contributed by atoms with Crippen LogP contribution in [0.25, 0.3) is 0 Å². The molecule has 0 bridgehead atoms. The van der Waals surface area contributed by atoms with Crippen molar-refractivity contribution >= 4 is 18.2 Å². The van der Waals surface area contributed by atoms with Gasteiger partial charge in [-0.05, 0) is 50.9 Å². The zero-order valence-corrected chi connectivity index (χ0v) is 11.3. The van der Waals surface area contributed by atoms with Gasteiger partial charge in [-0.25, -0.2) is 0 Å². The van der Waals surface area contributed by atoms with E-state index < -0.39 is 0 Å². The summed E-state index contributed by atoms with van der Waals surface area (Å²) in [5.41, 5.74) is 0.971. The fraction of sp³-hybridized carbons (Fsp3) is 0.667. The Balaban J connectivity index is 0.00000144. The zero-order valence-electron chi connectivity index (χ0n) is 10.5. The van der Waals surface area contributed by atoms with Gasteiger partial charge in [-0.3, -0.25) is 0 Å². The second kappa shape index (κ2) is 6.77. The molecule has 1 aliphatic heterocycles. The lowest BCUT2D eigenvalue weighted by Crippen LogP contribution is -2.34. The molecular weight excluding hydrogens is 236 g/mol. The minimum absolute atomic E-state index is 0. The molecule has 0 spiro atoms. The number of anilines is 1. The van der Waals surface area contributed by atoms with Gasteiger partial charge in [-0.1, -0.05) is 0 Å². The van der Waals surface area contributed by atoms with Gasteiger partial charge in [0, 0.05) is 13.6 Å². The van der Waals surface area contributed by atoms with E-state index in [-0.39, 0.29) is 12.4 Å². The van der Waals surface area contributed by atoms with E-state index in [1.807, 2.05) is 19.1 Å². The molecule has 0 atom stereocenters. The van der Waals surface area contributed by atoms with Crippen molar-refractivity contribution in [3.63, 3.8) is 0 Å². The summed E-state index contributed by atoms with van der Waals surface area (Å²) in [6.07, 6.45) is 2.53. The number of hydrogen-bond donors (Lipinski definition) is 1. The summed E-state index contributed by atoms with van der Waals surface area (Å²) < 4.78 is 0. The van der Waals surface area contributed by atoms with Crippen molar-refractivity contribution in [2.75, 3.05) is 31.6 Å². The topological polar surface area (TPSA) is 41.0 Å². The molecule has 17 heavy (non-hydrogen) atoms. The number of piperidine rings is 1. The minimum atomic E-state index is 0. The second-order valence-electron chi connectivity index (χ2n) is 4.61. The first-order valence-corrected chi connectivity index (χ1v) is 5.98. The van der Waals surface area contributed by atoms with E-state index in [4.69, 9.17) is 0 Å². The molecule has 0 aromatic carbocycles. The van der Waals surface area contributed by atoms with Gasteiger partial charge in [0.25, 0.3) is 0 Å². The van der Waals surface area contributed by atoms with Crippen molar-refractivity contribution < 1.29 is 0 Å². The highest BCUT2D eigenvalue weighted by Gasteiger charge is 2.15. The minimum Gasteiger partial charge on any atom is -0.358 e.